The first-order chi connectivity index (χ1) is 8.49. The molecule has 0 saturated heterocycles. The third-order valence-electron chi connectivity index (χ3n) is 2.30. The summed E-state index contributed by atoms with van der Waals surface area (Å²) in [6.07, 6.45) is 0. The van der Waals surface area contributed by atoms with Gasteiger partial charge in [-0.25, -0.2) is 0 Å². The van der Waals surface area contributed by atoms with Gasteiger partial charge in [0.15, 0.2) is 0 Å². The number of hydrogen-bond donors (Lipinski definition) is 0. The lowest BCUT2D eigenvalue weighted by molar-refractivity contribution is 1.56. The minimum Gasteiger partial charge on any atom is -0.135 e. The average Bonchev–Trinajstić information content (AvgIpc) is 2.66. The van der Waals surface area contributed by atoms with Crippen LogP contribution in [0.4, 0.5) is 0 Å². The molecule has 3 aromatic rings. The Labute approximate surface area is 92.4 Å². The Morgan fingerprint density at radius 2 is 2.07 bits per heavy atom. The van der Waals surface area contributed by atoms with E-state index in [-0.39, 0.29) is 18.1 Å². The van der Waals surface area contributed by atoms with Crippen LogP contribution in [0, 0.1) is 6.92 Å². The Balaban J connectivity index is 2.65. The van der Waals surface area contributed by atoms with Crippen LogP contribution in [0.2, 0.25) is 0 Å². The molecule has 14 heavy (non-hydrogen) atoms. The lowest BCUT2D eigenvalue weighted by atomic mass is 10.1. The third-order valence-corrected chi connectivity index (χ3v) is 3.58. The summed E-state index contributed by atoms with van der Waals surface area (Å²) in [5.41, 5.74) is 0.990. The average molecular weight is 202 g/mol. The van der Waals surface area contributed by atoms with Crippen molar-refractivity contribution in [1.29, 1.82) is 0 Å². The van der Waals surface area contributed by atoms with E-state index < -0.39 is 0 Å². The molecule has 0 nitrogen and oxygen atoms in total. The van der Waals surface area contributed by atoms with E-state index in [2.05, 4.69) is 0 Å². The van der Waals surface area contributed by atoms with Crippen molar-refractivity contribution >= 4 is 31.5 Å². The number of fused-ring (bicyclic) bond motifs is 3. The summed E-state index contributed by atoms with van der Waals surface area (Å²) < 4.78 is 33.1. The largest absolute Gasteiger partial charge is 0.135 e. The molecular weight excluding hydrogens is 188 g/mol. The highest BCUT2D eigenvalue weighted by atomic mass is 32.1. The van der Waals surface area contributed by atoms with E-state index in [0.29, 0.717) is 11.4 Å². The lowest BCUT2D eigenvalue weighted by Gasteiger charge is -1.93. The second-order valence-electron chi connectivity index (χ2n) is 3.25. The van der Waals surface area contributed by atoms with Crippen LogP contribution >= 0.6 is 11.3 Å². The molecule has 0 aliphatic heterocycles. The highest BCUT2D eigenvalue weighted by Crippen LogP contribution is 2.35. The van der Waals surface area contributed by atoms with Crippen LogP contribution in [-0.4, -0.2) is 0 Å². The maximum absolute atomic E-state index is 8.00. The van der Waals surface area contributed by atoms with Crippen molar-refractivity contribution in [3.05, 3.63) is 47.9 Å². The van der Waals surface area contributed by atoms with E-state index in [1.54, 1.807) is 12.1 Å². The summed E-state index contributed by atoms with van der Waals surface area (Å²) in [4.78, 5) is 0. The number of aryl methyl sites for hydroxylation is 1. The molecule has 1 heteroatoms. The van der Waals surface area contributed by atoms with E-state index in [4.69, 9.17) is 5.48 Å². The summed E-state index contributed by atoms with van der Waals surface area (Å²) in [5.74, 6) is 0. The molecule has 0 spiro atoms. The molecule has 0 N–H and O–H groups in total. The van der Waals surface area contributed by atoms with E-state index in [1.807, 2.05) is 6.92 Å². The fraction of sp³-hybridized carbons (Fsp3) is 0.0769. The van der Waals surface area contributed by atoms with Crippen molar-refractivity contribution < 1.29 is 5.48 Å². The maximum Gasteiger partial charge on any atom is 0.0638 e. The van der Waals surface area contributed by atoms with Gasteiger partial charge in [-0.3, -0.25) is 0 Å². The molecule has 0 saturated carbocycles. The fourth-order valence-electron chi connectivity index (χ4n) is 1.63. The van der Waals surface area contributed by atoms with E-state index in [0.717, 1.165) is 20.3 Å². The van der Waals surface area contributed by atoms with Gasteiger partial charge < -0.3 is 0 Å². The zero-order chi connectivity index (χ0) is 13.0. The summed E-state index contributed by atoms with van der Waals surface area (Å²) in [6, 6.07) is 5.83. The molecule has 0 aliphatic carbocycles. The molecule has 0 atom stereocenters. The lowest BCUT2D eigenvalue weighted by Crippen LogP contribution is -1.69. The van der Waals surface area contributed by atoms with Crippen LogP contribution in [0.25, 0.3) is 20.2 Å². The zero-order valence-corrected chi connectivity index (χ0v) is 8.46. The Morgan fingerprint density at radius 3 is 3.00 bits per heavy atom. The molecule has 0 radical (unpaired) electrons. The highest BCUT2D eigenvalue weighted by molar-refractivity contribution is 7.26. The minimum atomic E-state index is 0.0697. The van der Waals surface area contributed by atoms with Crippen molar-refractivity contribution in [2.45, 2.75) is 6.92 Å². The monoisotopic (exact) mass is 202 g/mol. The van der Waals surface area contributed by atoms with Crippen molar-refractivity contribution in [3.8, 4) is 0 Å². The topological polar surface area (TPSA) is 0 Å². The normalized spacial score (nSPS) is 15.2. The van der Waals surface area contributed by atoms with Crippen molar-refractivity contribution in [2.75, 3.05) is 0 Å². The summed E-state index contributed by atoms with van der Waals surface area (Å²) >= 11 is 1.47. The number of rotatable bonds is 0. The van der Waals surface area contributed by atoms with Crippen LogP contribution < -0.4 is 0 Å². The smallest absolute Gasteiger partial charge is 0.0638 e. The predicted octanol–water partition coefficient (Wildman–Crippen LogP) is 4.36. The molecule has 3 rings (SSSR count). The van der Waals surface area contributed by atoms with Gasteiger partial charge >= 0.3 is 0 Å². The van der Waals surface area contributed by atoms with E-state index >= 15 is 0 Å². The standard InChI is InChI=1S/C13H10S/c1-9-5-4-7-11-10-6-2-3-8-12(10)14-13(9)11/h2-8H,1H3/i2D,4D,6D,8D. The summed E-state index contributed by atoms with van der Waals surface area (Å²) in [5, 5.41) is 1.47. The number of thiophene rings is 1. The van der Waals surface area contributed by atoms with Crippen LogP contribution in [0.15, 0.2) is 42.4 Å². The highest BCUT2D eigenvalue weighted by Gasteiger charge is 2.04. The molecular formula is C13H10S. The minimum absolute atomic E-state index is 0.0697. The second-order valence-corrected chi connectivity index (χ2v) is 4.27. The van der Waals surface area contributed by atoms with Gasteiger partial charge in [0.25, 0.3) is 0 Å². The van der Waals surface area contributed by atoms with Gasteiger partial charge in [0, 0.05) is 20.2 Å². The molecule has 0 unspecified atom stereocenters. The molecule has 0 bridgehead atoms. The van der Waals surface area contributed by atoms with Crippen molar-refractivity contribution in [2.24, 2.45) is 0 Å². The van der Waals surface area contributed by atoms with Crippen LogP contribution in [0.1, 0.15) is 11.0 Å². The van der Waals surface area contributed by atoms with Gasteiger partial charge in [-0.2, -0.15) is 0 Å². The first-order valence-corrected chi connectivity index (χ1v) is 5.21. The Kier molecular flexibility index (Phi) is 0.997. The first kappa shape index (κ1) is 4.94. The van der Waals surface area contributed by atoms with Gasteiger partial charge in [-0.05, 0) is 18.5 Å². The molecule has 2 aromatic carbocycles. The molecule has 0 fully saturated rings. The number of hydrogen-bond acceptors (Lipinski definition) is 1. The van der Waals surface area contributed by atoms with Gasteiger partial charge in [-0.1, -0.05) is 36.3 Å². The van der Waals surface area contributed by atoms with E-state index in [1.165, 1.54) is 17.4 Å². The van der Waals surface area contributed by atoms with Gasteiger partial charge in [-0.15, -0.1) is 11.3 Å². The van der Waals surface area contributed by atoms with Crippen molar-refractivity contribution in [1.82, 2.24) is 0 Å². The zero-order valence-electron chi connectivity index (χ0n) is 11.6. The molecule has 0 aliphatic rings. The van der Waals surface area contributed by atoms with E-state index in [9.17, 15) is 0 Å². The quantitative estimate of drug-likeness (QED) is 0.508. The van der Waals surface area contributed by atoms with Gasteiger partial charge in [0.1, 0.15) is 0 Å². The van der Waals surface area contributed by atoms with Crippen LogP contribution in [0.3, 0.4) is 0 Å². The van der Waals surface area contributed by atoms with Crippen LogP contribution in [0.5, 0.6) is 0 Å². The Hall–Kier alpha value is -1.34. The SMILES string of the molecule is [2H]c1cc(C)c2sc3c([2H])cc([2H])c([2H])c3c2c1. The number of benzene rings is 2. The molecule has 68 valence electrons. The summed E-state index contributed by atoms with van der Waals surface area (Å²) in [7, 11) is 0. The van der Waals surface area contributed by atoms with Crippen molar-refractivity contribution in [3.63, 3.8) is 0 Å². The molecule has 1 heterocycles. The molecule has 1 aromatic heterocycles. The first-order valence-electron chi connectivity index (χ1n) is 6.39. The Morgan fingerprint density at radius 1 is 1.14 bits per heavy atom. The predicted molar refractivity (Wildman–Crippen MR) is 64.1 cm³/mol. The third kappa shape index (κ3) is 0.992. The fourth-order valence-corrected chi connectivity index (χ4v) is 2.70. The summed E-state index contributed by atoms with van der Waals surface area (Å²) in [6.45, 7) is 1.94. The molecule has 0 amide bonds. The van der Waals surface area contributed by atoms with Gasteiger partial charge in [0.05, 0.1) is 5.48 Å². The maximum atomic E-state index is 8.00. The Bertz CT molecular complexity index is 789. The van der Waals surface area contributed by atoms with Crippen LogP contribution in [-0.2, 0) is 0 Å². The second kappa shape index (κ2) is 2.82. The van der Waals surface area contributed by atoms with Gasteiger partial charge in [0.2, 0.25) is 0 Å².